The Morgan fingerprint density at radius 1 is 1.24 bits per heavy atom. The van der Waals surface area contributed by atoms with E-state index in [0.717, 1.165) is 19.5 Å². The van der Waals surface area contributed by atoms with Gasteiger partial charge in [-0.05, 0) is 32.2 Å². The highest BCUT2D eigenvalue weighted by Crippen LogP contribution is 2.26. The van der Waals surface area contributed by atoms with E-state index in [1.165, 1.54) is 23.5 Å². The van der Waals surface area contributed by atoms with Crippen molar-refractivity contribution < 1.29 is 9.59 Å². The highest BCUT2D eigenvalue weighted by Gasteiger charge is 2.24. The smallest absolute Gasteiger partial charge is 0.206 e. The Labute approximate surface area is 103 Å². The van der Waals surface area contributed by atoms with Gasteiger partial charge in [0.05, 0.1) is 0 Å². The molecule has 2 rings (SSSR count). The van der Waals surface area contributed by atoms with Gasteiger partial charge in [-0.1, -0.05) is 11.3 Å². The molecule has 0 aromatic carbocycles. The quantitative estimate of drug-likeness (QED) is 0.767. The molecule has 1 aromatic heterocycles. The van der Waals surface area contributed by atoms with Crippen molar-refractivity contribution in [3.05, 3.63) is 22.7 Å². The maximum absolute atomic E-state index is 11.5. The third-order valence-electron chi connectivity index (χ3n) is 2.35. The summed E-state index contributed by atoms with van der Waals surface area (Å²) in [5, 5.41) is 6.79. The van der Waals surface area contributed by atoms with E-state index in [2.05, 4.69) is 15.6 Å². The second-order valence-electron chi connectivity index (χ2n) is 3.64. The molecular formula is C11H13N3O2S. The number of nitrogens with one attached hydrogen (secondary N) is 2. The number of hydrogen-bond donors (Lipinski definition) is 2. The van der Waals surface area contributed by atoms with E-state index < -0.39 is 0 Å². The Balaban J connectivity index is 2.05. The zero-order valence-corrected chi connectivity index (χ0v) is 10.3. The summed E-state index contributed by atoms with van der Waals surface area (Å²) < 4.78 is 0. The number of ketones is 2. The minimum atomic E-state index is -0.195. The first-order chi connectivity index (χ1) is 8.22. The number of carbonyl (C=O) groups is 2. The zero-order chi connectivity index (χ0) is 12.3. The largest absolute Gasteiger partial charge is 0.361 e. The number of anilines is 1. The van der Waals surface area contributed by atoms with Crippen LogP contribution in [0.2, 0.25) is 0 Å². The van der Waals surface area contributed by atoms with Gasteiger partial charge in [-0.25, -0.2) is 4.98 Å². The lowest BCUT2D eigenvalue weighted by atomic mass is 10.1. The van der Waals surface area contributed by atoms with Gasteiger partial charge in [0.25, 0.3) is 0 Å². The molecule has 0 saturated heterocycles. The van der Waals surface area contributed by atoms with Gasteiger partial charge in [0.2, 0.25) is 5.78 Å². The fourth-order valence-electron chi connectivity index (χ4n) is 1.50. The third-order valence-corrected chi connectivity index (χ3v) is 3.38. The van der Waals surface area contributed by atoms with Crippen LogP contribution in [0, 0.1) is 0 Å². The maximum atomic E-state index is 11.5. The number of rotatable bonds is 5. The van der Waals surface area contributed by atoms with E-state index in [0.29, 0.717) is 10.0 Å². The summed E-state index contributed by atoms with van der Waals surface area (Å²) in [5.74, 6) is -0.334. The monoisotopic (exact) mass is 251 g/mol. The van der Waals surface area contributed by atoms with E-state index >= 15 is 0 Å². The number of nitrogens with zero attached hydrogens (tertiary/aromatic N) is 1. The van der Waals surface area contributed by atoms with E-state index in [4.69, 9.17) is 0 Å². The zero-order valence-electron chi connectivity index (χ0n) is 9.45. The van der Waals surface area contributed by atoms with Gasteiger partial charge < -0.3 is 10.6 Å². The summed E-state index contributed by atoms with van der Waals surface area (Å²) >= 11 is 1.24. The van der Waals surface area contributed by atoms with Crippen molar-refractivity contribution in [2.24, 2.45) is 0 Å². The van der Waals surface area contributed by atoms with Crippen LogP contribution in [-0.4, -0.2) is 36.7 Å². The lowest BCUT2D eigenvalue weighted by Gasteiger charge is -2.00. The number of aromatic nitrogens is 1. The topological polar surface area (TPSA) is 71.1 Å². The average Bonchev–Trinajstić information content (AvgIpc) is 2.75. The molecule has 0 radical (unpaired) electrons. The molecule has 6 heteroatoms. The standard InChI is InChI=1S/C11H13N3O2S/c1-12-5-2-6-13-11-14-9-7(15)3-4-8(16)10(9)17-11/h3-4,12H,2,5-6H2,1H3,(H,13,14). The fraction of sp³-hybridized carbons (Fsp3) is 0.364. The molecule has 0 bridgehead atoms. The lowest BCUT2D eigenvalue weighted by Crippen LogP contribution is -2.13. The third kappa shape index (κ3) is 2.59. The summed E-state index contributed by atoms with van der Waals surface area (Å²) in [6.45, 7) is 1.68. The van der Waals surface area contributed by atoms with Crippen molar-refractivity contribution in [3.63, 3.8) is 0 Å². The van der Waals surface area contributed by atoms with E-state index in [-0.39, 0.29) is 17.3 Å². The number of thiazole rings is 1. The molecule has 0 amide bonds. The van der Waals surface area contributed by atoms with Crippen molar-refractivity contribution >= 4 is 28.0 Å². The predicted molar refractivity (Wildman–Crippen MR) is 66.9 cm³/mol. The second kappa shape index (κ2) is 5.20. The van der Waals surface area contributed by atoms with Crippen LogP contribution in [0.25, 0.3) is 0 Å². The van der Waals surface area contributed by atoms with Gasteiger partial charge >= 0.3 is 0 Å². The number of allylic oxidation sites excluding steroid dienone is 2. The Morgan fingerprint density at radius 3 is 2.71 bits per heavy atom. The molecule has 0 fully saturated rings. The molecule has 0 spiro atoms. The van der Waals surface area contributed by atoms with Crippen molar-refractivity contribution in [2.45, 2.75) is 6.42 Å². The Morgan fingerprint density at radius 2 is 2.00 bits per heavy atom. The molecule has 0 saturated carbocycles. The highest BCUT2D eigenvalue weighted by atomic mass is 32.1. The van der Waals surface area contributed by atoms with Gasteiger partial charge in [-0.3, -0.25) is 9.59 Å². The summed E-state index contributed by atoms with van der Waals surface area (Å²) in [6.07, 6.45) is 3.53. The molecule has 1 aliphatic rings. The normalized spacial score (nSPS) is 13.9. The van der Waals surface area contributed by atoms with E-state index in [1.54, 1.807) is 0 Å². The average molecular weight is 251 g/mol. The summed E-state index contributed by atoms with van der Waals surface area (Å²) in [4.78, 5) is 27.6. The van der Waals surface area contributed by atoms with Crippen molar-refractivity contribution in [3.8, 4) is 0 Å². The first-order valence-electron chi connectivity index (χ1n) is 5.38. The van der Waals surface area contributed by atoms with Crippen molar-refractivity contribution in [1.82, 2.24) is 10.3 Å². The fourth-order valence-corrected chi connectivity index (χ4v) is 2.41. The lowest BCUT2D eigenvalue weighted by molar-refractivity contribution is 0.0994. The van der Waals surface area contributed by atoms with Crippen LogP contribution < -0.4 is 10.6 Å². The van der Waals surface area contributed by atoms with Crippen LogP contribution in [0.5, 0.6) is 0 Å². The Kier molecular flexibility index (Phi) is 3.65. The van der Waals surface area contributed by atoms with Gasteiger partial charge in [0.15, 0.2) is 10.9 Å². The van der Waals surface area contributed by atoms with Crippen molar-refractivity contribution in [1.29, 1.82) is 0 Å². The molecular weight excluding hydrogens is 238 g/mol. The van der Waals surface area contributed by atoms with E-state index in [9.17, 15) is 9.59 Å². The molecule has 2 N–H and O–H groups in total. The van der Waals surface area contributed by atoms with Crippen LogP contribution >= 0.6 is 11.3 Å². The molecule has 1 aromatic rings. The molecule has 0 atom stereocenters. The minimum absolute atomic E-state index is 0.139. The molecule has 17 heavy (non-hydrogen) atoms. The van der Waals surface area contributed by atoms with Crippen LogP contribution in [0.3, 0.4) is 0 Å². The predicted octanol–water partition coefficient (Wildman–Crippen LogP) is 1.10. The van der Waals surface area contributed by atoms with Crippen LogP contribution in [0.1, 0.15) is 26.6 Å². The molecule has 5 nitrogen and oxygen atoms in total. The van der Waals surface area contributed by atoms with Crippen LogP contribution in [0.4, 0.5) is 5.13 Å². The van der Waals surface area contributed by atoms with Gasteiger partial charge in [0, 0.05) is 6.54 Å². The highest BCUT2D eigenvalue weighted by molar-refractivity contribution is 7.18. The second-order valence-corrected chi connectivity index (χ2v) is 4.64. The Hall–Kier alpha value is -1.53. The molecule has 90 valence electrons. The molecule has 1 aliphatic carbocycles. The van der Waals surface area contributed by atoms with Gasteiger partial charge in [-0.2, -0.15) is 0 Å². The van der Waals surface area contributed by atoms with Crippen LogP contribution in [-0.2, 0) is 0 Å². The number of carbonyl (C=O) groups excluding carboxylic acids is 2. The van der Waals surface area contributed by atoms with Gasteiger partial charge in [0.1, 0.15) is 10.6 Å². The van der Waals surface area contributed by atoms with Gasteiger partial charge in [-0.15, -0.1) is 0 Å². The molecule has 1 heterocycles. The summed E-state index contributed by atoms with van der Waals surface area (Å²) in [5.41, 5.74) is 0.276. The number of fused-ring (bicyclic) bond motifs is 1. The maximum Gasteiger partial charge on any atom is 0.206 e. The first kappa shape index (κ1) is 11.9. The summed E-state index contributed by atoms with van der Waals surface area (Å²) in [6, 6.07) is 0. The van der Waals surface area contributed by atoms with Crippen molar-refractivity contribution in [2.75, 3.05) is 25.5 Å². The SMILES string of the molecule is CNCCCNc1nc2c(s1)C(=O)C=CC2=O. The molecule has 0 unspecified atom stereocenters. The molecule has 0 aliphatic heterocycles. The minimum Gasteiger partial charge on any atom is -0.361 e. The Bertz CT molecular complexity index is 444. The number of hydrogen-bond acceptors (Lipinski definition) is 6. The summed E-state index contributed by atoms with van der Waals surface area (Å²) in [7, 11) is 1.89. The van der Waals surface area contributed by atoms with Crippen LogP contribution in [0.15, 0.2) is 12.2 Å². The first-order valence-corrected chi connectivity index (χ1v) is 6.20. The van der Waals surface area contributed by atoms with E-state index in [1.807, 2.05) is 7.05 Å².